The predicted molar refractivity (Wildman–Crippen MR) is 125 cm³/mol. The molecule has 0 atom stereocenters. The molecule has 0 radical (unpaired) electrons. The van der Waals surface area contributed by atoms with Crippen molar-refractivity contribution in [2.45, 2.75) is 39.4 Å². The van der Waals surface area contributed by atoms with Gasteiger partial charge < -0.3 is 5.32 Å². The van der Waals surface area contributed by atoms with Gasteiger partial charge in [-0.1, -0.05) is 18.1 Å². The first kappa shape index (κ1) is 25.8. The fourth-order valence-corrected chi connectivity index (χ4v) is 4.28. The summed E-state index contributed by atoms with van der Waals surface area (Å²) >= 11 is 0. The molecule has 12 heteroatoms. The van der Waals surface area contributed by atoms with Crippen molar-refractivity contribution in [2.24, 2.45) is 0 Å². The third kappa shape index (κ3) is 5.30. The minimum absolute atomic E-state index is 0.0411. The number of nitrogens with one attached hydrogen (secondary N) is 1. The van der Waals surface area contributed by atoms with Crippen LogP contribution in [0.15, 0.2) is 36.9 Å². The lowest BCUT2D eigenvalue weighted by Crippen LogP contribution is -2.25. The van der Waals surface area contributed by atoms with Crippen LogP contribution in [0.4, 0.5) is 22.0 Å². The third-order valence-electron chi connectivity index (χ3n) is 5.67. The summed E-state index contributed by atoms with van der Waals surface area (Å²) in [6.45, 7) is 2.71. The molecule has 37 heavy (non-hydrogen) atoms. The molecule has 0 aliphatic heterocycles. The second kappa shape index (κ2) is 10.0. The Morgan fingerprint density at radius 1 is 1.19 bits per heavy atom. The molecule has 0 fully saturated rings. The monoisotopic (exact) mass is 516 g/mol. The zero-order chi connectivity index (χ0) is 26.9. The summed E-state index contributed by atoms with van der Waals surface area (Å²) < 4.78 is 68.5. The first-order valence-corrected chi connectivity index (χ1v) is 11.1. The van der Waals surface area contributed by atoms with Gasteiger partial charge in [0.2, 0.25) is 0 Å². The van der Waals surface area contributed by atoms with Crippen molar-refractivity contribution >= 4 is 11.6 Å². The Morgan fingerprint density at radius 2 is 1.89 bits per heavy atom. The van der Waals surface area contributed by atoms with Crippen LogP contribution in [0.3, 0.4) is 0 Å². The number of hydrogen-bond donors (Lipinski definition) is 1. The molecule has 3 heterocycles. The molecular weight excluding hydrogens is 495 g/mol. The minimum Gasteiger partial charge on any atom is -0.341 e. The minimum atomic E-state index is -4.86. The van der Waals surface area contributed by atoms with Gasteiger partial charge >= 0.3 is 6.18 Å². The lowest BCUT2D eigenvalue weighted by molar-refractivity contribution is -0.141. The molecule has 0 bridgehead atoms. The van der Waals surface area contributed by atoms with Crippen LogP contribution in [0.25, 0.3) is 16.9 Å². The summed E-state index contributed by atoms with van der Waals surface area (Å²) in [6, 6.07) is 3.64. The Morgan fingerprint density at radius 3 is 2.51 bits per heavy atom. The fraction of sp³-hybridized carbons (Fsp3) is 0.280. The van der Waals surface area contributed by atoms with E-state index in [1.165, 1.54) is 23.0 Å². The Labute approximate surface area is 208 Å². The number of carbonyl (C=O) groups excluding carboxylic acids is 1. The average Bonchev–Trinajstić information content (AvgIpc) is 3.41. The normalized spacial score (nSPS) is 11.8. The second-order valence-corrected chi connectivity index (χ2v) is 8.38. The highest BCUT2D eigenvalue weighted by molar-refractivity contribution is 5.97. The van der Waals surface area contributed by atoms with Gasteiger partial charge in [0.05, 0.1) is 29.7 Å². The maximum atomic E-state index is 13.6. The van der Waals surface area contributed by atoms with Crippen LogP contribution in [0.2, 0.25) is 0 Å². The van der Waals surface area contributed by atoms with Gasteiger partial charge in [-0.15, -0.1) is 6.42 Å². The summed E-state index contributed by atoms with van der Waals surface area (Å²) in [5, 5.41) is 5.99. The van der Waals surface area contributed by atoms with E-state index in [1.54, 1.807) is 13.8 Å². The molecule has 4 rings (SSSR count). The van der Waals surface area contributed by atoms with E-state index in [4.69, 9.17) is 6.42 Å². The number of nitrogens with zero attached hydrogens (tertiary/aromatic N) is 5. The lowest BCUT2D eigenvalue weighted by atomic mass is 9.96. The number of terminal acetylenes is 1. The van der Waals surface area contributed by atoms with Crippen molar-refractivity contribution in [3.63, 3.8) is 0 Å². The number of aromatic nitrogens is 5. The number of aryl methyl sites for hydroxylation is 2. The number of hydrogen-bond acceptors (Lipinski definition) is 4. The molecule has 0 unspecified atom stereocenters. The molecule has 1 aromatic carbocycles. The largest absolute Gasteiger partial charge is 0.435 e. The van der Waals surface area contributed by atoms with E-state index in [-0.39, 0.29) is 30.1 Å². The summed E-state index contributed by atoms with van der Waals surface area (Å²) in [5.74, 6) is 2.07. The van der Waals surface area contributed by atoms with E-state index in [0.29, 0.717) is 21.6 Å². The Balaban J connectivity index is 1.72. The molecular formula is C25H21F5N6O. The Kier molecular flexibility index (Phi) is 6.98. The smallest absolute Gasteiger partial charge is 0.341 e. The number of alkyl halides is 5. The predicted octanol–water partition coefficient (Wildman–Crippen LogP) is 4.45. The van der Waals surface area contributed by atoms with Gasteiger partial charge in [0, 0.05) is 30.6 Å². The number of benzene rings is 1. The zero-order valence-corrected chi connectivity index (χ0v) is 19.8. The molecule has 192 valence electrons. The van der Waals surface area contributed by atoms with Crippen molar-refractivity contribution in [3.05, 3.63) is 70.6 Å². The van der Waals surface area contributed by atoms with E-state index in [1.807, 2.05) is 12.1 Å². The van der Waals surface area contributed by atoms with E-state index >= 15 is 0 Å². The highest BCUT2D eigenvalue weighted by Gasteiger charge is 2.38. The average molecular weight is 516 g/mol. The first-order valence-electron chi connectivity index (χ1n) is 11.1. The van der Waals surface area contributed by atoms with Gasteiger partial charge in [-0.2, -0.15) is 18.3 Å². The van der Waals surface area contributed by atoms with Crippen LogP contribution in [0, 0.1) is 26.2 Å². The number of amides is 1. The van der Waals surface area contributed by atoms with Crippen molar-refractivity contribution < 1.29 is 26.7 Å². The molecule has 7 nitrogen and oxygen atoms in total. The SMILES string of the molecule is C#CCNC(=O)c1c(C)cc(Cc2nccn3c(-c4cn(CC(F)F)nc4C(F)(F)F)cnc23)cc1C. The lowest BCUT2D eigenvalue weighted by Gasteiger charge is -2.12. The standard InChI is InChI=1S/C25H21F5N6O/c1-4-5-32-24(37)21-14(2)8-16(9-15(21)3)10-18-23-33-11-19(36(23)7-6-31-18)17-12-35(13-20(26)27)34-22(17)25(28,29)30/h1,6-9,11-12,20H,5,10,13H2,2-3H3,(H,32,37). The van der Waals surface area contributed by atoms with E-state index in [0.717, 1.165) is 22.9 Å². The van der Waals surface area contributed by atoms with Crippen LogP contribution < -0.4 is 5.32 Å². The van der Waals surface area contributed by atoms with E-state index < -0.39 is 24.8 Å². The second-order valence-electron chi connectivity index (χ2n) is 8.38. The highest BCUT2D eigenvalue weighted by atomic mass is 19.4. The molecule has 0 aliphatic carbocycles. The molecule has 0 saturated heterocycles. The van der Waals surface area contributed by atoms with E-state index in [9.17, 15) is 26.7 Å². The maximum Gasteiger partial charge on any atom is 0.435 e. The van der Waals surface area contributed by atoms with Gasteiger partial charge in [0.15, 0.2) is 11.3 Å². The third-order valence-corrected chi connectivity index (χ3v) is 5.67. The maximum absolute atomic E-state index is 13.6. The van der Waals surface area contributed by atoms with Gasteiger partial charge in [-0.25, -0.2) is 13.8 Å². The van der Waals surface area contributed by atoms with Crippen molar-refractivity contribution in [1.29, 1.82) is 0 Å². The number of halogens is 5. The highest BCUT2D eigenvalue weighted by Crippen LogP contribution is 2.36. The van der Waals surface area contributed by atoms with Crippen molar-refractivity contribution in [3.8, 4) is 23.6 Å². The topological polar surface area (TPSA) is 77.1 Å². The van der Waals surface area contributed by atoms with Gasteiger partial charge in [-0.05, 0) is 30.5 Å². The van der Waals surface area contributed by atoms with Crippen molar-refractivity contribution in [1.82, 2.24) is 29.5 Å². The quantitative estimate of drug-likeness (QED) is 0.291. The van der Waals surface area contributed by atoms with Gasteiger partial charge in [0.1, 0.15) is 6.54 Å². The molecule has 1 amide bonds. The van der Waals surface area contributed by atoms with Gasteiger partial charge in [-0.3, -0.25) is 18.9 Å². The number of carbonyl (C=O) groups is 1. The number of fused-ring (bicyclic) bond motifs is 1. The van der Waals surface area contributed by atoms with E-state index in [2.05, 4.69) is 26.3 Å². The first-order chi connectivity index (χ1) is 17.5. The van der Waals surface area contributed by atoms with Crippen LogP contribution >= 0.6 is 0 Å². The molecule has 3 aromatic heterocycles. The van der Waals surface area contributed by atoms with Gasteiger partial charge in [0.25, 0.3) is 12.3 Å². The molecule has 1 N–H and O–H groups in total. The van der Waals surface area contributed by atoms with Crippen molar-refractivity contribution in [2.75, 3.05) is 6.54 Å². The molecule has 0 aliphatic rings. The molecule has 0 saturated carbocycles. The molecule has 0 spiro atoms. The van der Waals surface area contributed by atoms with Crippen LogP contribution in [-0.2, 0) is 19.1 Å². The summed E-state index contributed by atoms with van der Waals surface area (Å²) in [5.41, 5.74) is 1.94. The zero-order valence-electron chi connectivity index (χ0n) is 19.8. The van der Waals surface area contributed by atoms with Crippen LogP contribution in [-0.4, -0.2) is 43.0 Å². The number of imidazole rings is 1. The van der Waals surface area contributed by atoms with Crippen LogP contribution in [0.1, 0.15) is 38.4 Å². The Bertz CT molecular complexity index is 1490. The Hall–Kier alpha value is -4.27. The summed E-state index contributed by atoms with van der Waals surface area (Å²) in [7, 11) is 0. The number of rotatable bonds is 7. The summed E-state index contributed by atoms with van der Waals surface area (Å²) in [6.07, 6.45) is 2.80. The summed E-state index contributed by atoms with van der Waals surface area (Å²) in [4.78, 5) is 21.1. The molecule has 4 aromatic rings. The fourth-order valence-electron chi connectivity index (χ4n) is 4.28. The van der Waals surface area contributed by atoms with Crippen LogP contribution in [0.5, 0.6) is 0 Å².